The molecule has 1 atom stereocenters. The van der Waals surface area contributed by atoms with Gasteiger partial charge in [0.25, 0.3) is 0 Å². The maximum atomic E-state index is 11.0. The molecule has 2 N–H and O–H groups in total. The van der Waals surface area contributed by atoms with Crippen LogP contribution in [0.25, 0.3) is 0 Å². The van der Waals surface area contributed by atoms with Crippen LogP contribution in [0.5, 0.6) is 0 Å². The molecular weight excluding hydrogens is 274 g/mol. The maximum Gasteiger partial charge on any atom is 0.320 e. The monoisotopic (exact) mass is 289 g/mol. The highest BCUT2D eigenvalue weighted by atomic mass is 79.9. The summed E-state index contributed by atoms with van der Waals surface area (Å²) in [6.07, 6.45) is 0.608. The fraction of sp³-hybridized carbons (Fsp3) is 0.545. The summed E-state index contributed by atoms with van der Waals surface area (Å²) in [6, 6.07) is 3.07. The molecule has 5 heteroatoms. The van der Waals surface area contributed by atoms with Crippen molar-refractivity contribution in [2.75, 3.05) is 0 Å². The van der Waals surface area contributed by atoms with Gasteiger partial charge in [0, 0.05) is 0 Å². The third-order valence-electron chi connectivity index (χ3n) is 2.16. The molecule has 90 valence electrons. The van der Waals surface area contributed by atoms with Gasteiger partial charge in [-0.15, -0.1) is 0 Å². The van der Waals surface area contributed by atoms with E-state index in [1.807, 2.05) is 19.9 Å². The molecular formula is C11H16BrNO3. The molecule has 0 bridgehead atoms. The van der Waals surface area contributed by atoms with E-state index < -0.39 is 12.0 Å². The number of halogens is 1. The normalized spacial score (nSPS) is 13.0. The van der Waals surface area contributed by atoms with Crippen LogP contribution in [0.4, 0.5) is 0 Å². The second-order valence-electron chi connectivity index (χ2n) is 4.11. The van der Waals surface area contributed by atoms with Crippen molar-refractivity contribution in [1.29, 1.82) is 0 Å². The third kappa shape index (κ3) is 4.37. The van der Waals surface area contributed by atoms with Crippen molar-refractivity contribution in [3.05, 3.63) is 22.6 Å². The van der Waals surface area contributed by atoms with E-state index in [1.54, 1.807) is 6.07 Å². The van der Waals surface area contributed by atoms with E-state index in [9.17, 15) is 4.79 Å². The molecule has 0 aliphatic carbocycles. The number of hydrogen-bond acceptors (Lipinski definition) is 3. The highest BCUT2D eigenvalue weighted by Crippen LogP contribution is 2.14. The molecule has 0 aliphatic heterocycles. The SMILES string of the molecule is CC(C)CC(NCc1ccc(Br)o1)C(=O)O. The summed E-state index contributed by atoms with van der Waals surface area (Å²) in [6.45, 7) is 4.43. The Balaban J connectivity index is 2.46. The quantitative estimate of drug-likeness (QED) is 0.845. The lowest BCUT2D eigenvalue weighted by Crippen LogP contribution is -2.37. The van der Waals surface area contributed by atoms with Crippen molar-refractivity contribution in [2.24, 2.45) is 5.92 Å². The van der Waals surface area contributed by atoms with E-state index >= 15 is 0 Å². The number of aliphatic carboxylic acids is 1. The number of carboxylic acid groups (broad SMARTS) is 1. The van der Waals surface area contributed by atoms with Gasteiger partial charge in [-0.25, -0.2) is 0 Å². The number of furan rings is 1. The lowest BCUT2D eigenvalue weighted by molar-refractivity contribution is -0.140. The van der Waals surface area contributed by atoms with Crippen LogP contribution < -0.4 is 5.32 Å². The highest BCUT2D eigenvalue weighted by molar-refractivity contribution is 9.10. The Morgan fingerprint density at radius 3 is 2.69 bits per heavy atom. The molecule has 4 nitrogen and oxygen atoms in total. The van der Waals surface area contributed by atoms with E-state index in [1.165, 1.54) is 0 Å². The molecule has 0 saturated heterocycles. The predicted molar refractivity (Wildman–Crippen MR) is 64.1 cm³/mol. The molecule has 0 aromatic carbocycles. The Kier molecular flexibility index (Phi) is 5.02. The molecule has 0 spiro atoms. The van der Waals surface area contributed by atoms with Gasteiger partial charge < -0.3 is 9.52 Å². The van der Waals surface area contributed by atoms with E-state index in [4.69, 9.17) is 9.52 Å². The summed E-state index contributed by atoms with van der Waals surface area (Å²) in [5, 5.41) is 12.0. The van der Waals surface area contributed by atoms with Gasteiger partial charge >= 0.3 is 5.97 Å². The molecule has 1 aromatic heterocycles. The second kappa shape index (κ2) is 6.06. The molecule has 1 unspecified atom stereocenters. The molecule has 0 radical (unpaired) electrons. The van der Waals surface area contributed by atoms with Crippen LogP contribution in [-0.2, 0) is 11.3 Å². The number of carbonyl (C=O) groups is 1. The van der Waals surface area contributed by atoms with Gasteiger partial charge in [-0.05, 0) is 40.4 Å². The van der Waals surface area contributed by atoms with Crippen molar-refractivity contribution in [3.8, 4) is 0 Å². The Bertz CT molecular complexity index is 349. The largest absolute Gasteiger partial charge is 0.480 e. The first-order valence-electron chi connectivity index (χ1n) is 5.19. The Labute approximate surface area is 103 Å². The van der Waals surface area contributed by atoms with E-state index in [0.29, 0.717) is 23.6 Å². The number of hydrogen-bond donors (Lipinski definition) is 2. The summed E-state index contributed by atoms with van der Waals surface area (Å²) in [5.41, 5.74) is 0. The van der Waals surface area contributed by atoms with Crippen LogP contribution in [0.1, 0.15) is 26.0 Å². The fourth-order valence-electron chi connectivity index (χ4n) is 1.41. The molecule has 0 aliphatic rings. The first kappa shape index (κ1) is 13.3. The Morgan fingerprint density at radius 1 is 1.56 bits per heavy atom. The minimum absolute atomic E-state index is 0.344. The van der Waals surface area contributed by atoms with E-state index in [2.05, 4.69) is 21.2 Å². The summed E-state index contributed by atoms with van der Waals surface area (Å²) >= 11 is 3.20. The summed E-state index contributed by atoms with van der Waals surface area (Å²) < 4.78 is 5.93. The van der Waals surface area contributed by atoms with Crippen LogP contribution in [0.15, 0.2) is 21.2 Å². The lowest BCUT2D eigenvalue weighted by Gasteiger charge is -2.15. The first-order chi connectivity index (χ1) is 7.49. The lowest BCUT2D eigenvalue weighted by atomic mass is 10.0. The van der Waals surface area contributed by atoms with Gasteiger partial charge in [-0.1, -0.05) is 13.8 Å². The van der Waals surface area contributed by atoms with E-state index in [-0.39, 0.29) is 0 Å². The van der Waals surface area contributed by atoms with Crippen LogP contribution in [0, 0.1) is 5.92 Å². The molecule has 1 rings (SSSR count). The zero-order chi connectivity index (χ0) is 12.1. The van der Waals surface area contributed by atoms with Crippen molar-refractivity contribution in [2.45, 2.75) is 32.9 Å². The average Bonchev–Trinajstić information content (AvgIpc) is 2.58. The molecule has 1 heterocycles. The number of carboxylic acids is 1. The molecule has 0 saturated carbocycles. The average molecular weight is 290 g/mol. The topological polar surface area (TPSA) is 62.5 Å². The third-order valence-corrected chi connectivity index (χ3v) is 2.58. The van der Waals surface area contributed by atoms with Crippen LogP contribution in [0.2, 0.25) is 0 Å². The van der Waals surface area contributed by atoms with Crippen molar-refractivity contribution < 1.29 is 14.3 Å². The van der Waals surface area contributed by atoms with Gasteiger partial charge in [0.05, 0.1) is 6.54 Å². The van der Waals surface area contributed by atoms with Crippen LogP contribution in [0.3, 0.4) is 0 Å². The van der Waals surface area contributed by atoms with Crippen LogP contribution >= 0.6 is 15.9 Å². The molecule has 1 aromatic rings. The summed E-state index contributed by atoms with van der Waals surface area (Å²) in [4.78, 5) is 11.0. The molecule has 0 fully saturated rings. The zero-order valence-electron chi connectivity index (χ0n) is 9.37. The van der Waals surface area contributed by atoms with Crippen molar-refractivity contribution in [1.82, 2.24) is 5.32 Å². The van der Waals surface area contributed by atoms with Gasteiger partial charge in [0.15, 0.2) is 4.67 Å². The zero-order valence-corrected chi connectivity index (χ0v) is 11.0. The summed E-state index contributed by atoms with van der Waals surface area (Å²) in [5.74, 6) is 0.248. The summed E-state index contributed by atoms with van der Waals surface area (Å²) in [7, 11) is 0. The van der Waals surface area contributed by atoms with Crippen molar-refractivity contribution >= 4 is 21.9 Å². The minimum atomic E-state index is -0.820. The van der Waals surface area contributed by atoms with Gasteiger partial charge in [0.1, 0.15) is 11.8 Å². The van der Waals surface area contributed by atoms with Crippen molar-refractivity contribution in [3.63, 3.8) is 0 Å². The smallest absolute Gasteiger partial charge is 0.320 e. The number of rotatable bonds is 6. The molecule has 16 heavy (non-hydrogen) atoms. The van der Waals surface area contributed by atoms with Gasteiger partial charge in [-0.2, -0.15) is 0 Å². The Morgan fingerprint density at radius 2 is 2.25 bits per heavy atom. The maximum absolute atomic E-state index is 11.0. The Hall–Kier alpha value is -0.810. The fourth-order valence-corrected chi connectivity index (χ4v) is 1.75. The van der Waals surface area contributed by atoms with E-state index in [0.717, 1.165) is 5.76 Å². The van der Waals surface area contributed by atoms with Gasteiger partial charge in [-0.3, -0.25) is 10.1 Å². The predicted octanol–water partition coefficient (Wildman–Crippen LogP) is 2.63. The minimum Gasteiger partial charge on any atom is -0.480 e. The van der Waals surface area contributed by atoms with Crippen LogP contribution in [-0.4, -0.2) is 17.1 Å². The van der Waals surface area contributed by atoms with Gasteiger partial charge in [0.2, 0.25) is 0 Å². The first-order valence-corrected chi connectivity index (χ1v) is 5.98. The highest BCUT2D eigenvalue weighted by Gasteiger charge is 2.18. The molecule has 0 amide bonds. The second-order valence-corrected chi connectivity index (χ2v) is 4.89. The standard InChI is InChI=1S/C11H16BrNO3/c1-7(2)5-9(11(14)15)13-6-8-3-4-10(12)16-8/h3-4,7,9,13H,5-6H2,1-2H3,(H,14,15). The number of nitrogens with one attached hydrogen (secondary N) is 1.